The highest BCUT2D eigenvalue weighted by molar-refractivity contribution is 5.76. The molecule has 1 aromatic heterocycles. The van der Waals surface area contributed by atoms with Crippen LogP contribution in [0.4, 0.5) is 0 Å². The number of carboxylic acids is 1. The topological polar surface area (TPSA) is 59.4 Å². The minimum Gasteiger partial charge on any atom is -0.496 e. The first kappa shape index (κ1) is 14.4. The van der Waals surface area contributed by atoms with Crippen molar-refractivity contribution in [2.75, 3.05) is 7.11 Å². The second-order valence-electron chi connectivity index (χ2n) is 6.76. The Morgan fingerprint density at radius 2 is 2.24 bits per heavy atom. The number of hydrogen-bond acceptors (Lipinski definition) is 3. The van der Waals surface area contributed by atoms with Gasteiger partial charge in [0, 0.05) is 29.4 Å². The van der Waals surface area contributed by atoms with Crippen molar-refractivity contribution >= 4 is 5.97 Å². The van der Waals surface area contributed by atoms with Gasteiger partial charge >= 0.3 is 5.97 Å². The molecule has 1 aromatic rings. The Balaban J connectivity index is 1.97. The number of hydrogen-bond donors (Lipinski definition) is 1. The first-order valence-corrected chi connectivity index (χ1v) is 7.70. The summed E-state index contributed by atoms with van der Waals surface area (Å²) in [5, 5.41) is 9.86. The van der Waals surface area contributed by atoms with Crippen LogP contribution in [0.15, 0.2) is 6.20 Å². The van der Waals surface area contributed by atoms with E-state index in [0.29, 0.717) is 18.3 Å². The summed E-state index contributed by atoms with van der Waals surface area (Å²) >= 11 is 0. The van der Waals surface area contributed by atoms with E-state index >= 15 is 0 Å². The summed E-state index contributed by atoms with van der Waals surface area (Å²) in [6, 6.07) is 0. The van der Waals surface area contributed by atoms with Gasteiger partial charge in [0.25, 0.3) is 0 Å². The number of methoxy groups -OCH3 is 1. The van der Waals surface area contributed by atoms with Crippen LogP contribution in [0.2, 0.25) is 0 Å². The number of aromatic nitrogens is 1. The quantitative estimate of drug-likeness (QED) is 0.925. The molecular formula is C17H23NO3. The predicted molar refractivity (Wildman–Crippen MR) is 79.5 cm³/mol. The number of nitrogens with zero attached hydrogens (tertiary/aromatic N) is 1. The molecule has 0 radical (unpaired) electrons. The van der Waals surface area contributed by atoms with E-state index in [1.54, 1.807) is 13.3 Å². The third kappa shape index (κ3) is 2.12. The van der Waals surface area contributed by atoms with Gasteiger partial charge < -0.3 is 9.84 Å². The summed E-state index contributed by atoms with van der Waals surface area (Å²) < 4.78 is 5.45. The van der Waals surface area contributed by atoms with Gasteiger partial charge in [-0.15, -0.1) is 0 Å². The van der Waals surface area contributed by atoms with Crippen LogP contribution in [-0.4, -0.2) is 23.2 Å². The molecule has 0 saturated heterocycles. The maximum Gasteiger partial charge on any atom is 0.310 e. The fourth-order valence-corrected chi connectivity index (χ4v) is 4.55. The molecule has 0 spiro atoms. The van der Waals surface area contributed by atoms with Gasteiger partial charge in [0.1, 0.15) is 5.75 Å². The molecule has 0 aliphatic heterocycles. The van der Waals surface area contributed by atoms with E-state index in [0.717, 1.165) is 41.8 Å². The monoisotopic (exact) mass is 289 g/mol. The van der Waals surface area contributed by atoms with Gasteiger partial charge in [-0.05, 0) is 44.9 Å². The Labute approximate surface area is 125 Å². The van der Waals surface area contributed by atoms with E-state index < -0.39 is 11.4 Å². The highest BCUT2D eigenvalue weighted by Crippen LogP contribution is 2.57. The lowest BCUT2D eigenvalue weighted by Gasteiger charge is -2.34. The van der Waals surface area contributed by atoms with Crippen molar-refractivity contribution in [3.63, 3.8) is 0 Å². The van der Waals surface area contributed by atoms with Crippen molar-refractivity contribution in [2.24, 2.45) is 17.3 Å². The van der Waals surface area contributed by atoms with Crippen molar-refractivity contribution < 1.29 is 14.6 Å². The number of carbonyl (C=O) groups is 1. The molecule has 2 aliphatic carbocycles. The number of aryl methyl sites for hydroxylation is 1. The molecule has 2 fully saturated rings. The lowest BCUT2D eigenvalue weighted by atomic mass is 9.69. The first-order valence-electron chi connectivity index (χ1n) is 7.70. The minimum absolute atomic E-state index is 0.313. The predicted octanol–water partition coefficient (Wildman–Crippen LogP) is 3.14. The van der Waals surface area contributed by atoms with Crippen molar-refractivity contribution in [3.05, 3.63) is 23.0 Å². The molecular weight excluding hydrogens is 266 g/mol. The zero-order chi connectivity index (χ0) is 15.2. The Hall–Kier alpha value is -1.58. The van der Waals surface area contributed by atoms with E-state index in [1.807, 2.05) is 13.8 Å². The number of carboxylic acid groups (broad SMARTS) is 1. The van der Waals surface area contributed by atoms with Crippen LogP contribution in [0.25, 0.3) is 0 Å². The number of rotatable bonds is 4. The van der Waals surface area contributed by atoms with Gasteiger partial charge in [-0.3, -0.25) is 9.78 Å². The van der Waals surface area contributed by atoms with Crippen molar-refractivity contribution in [3.8, 4) is 5.75 Å². The average Bonchev–Trinajstić information content (AvgIpc) is 3.04. The first-order chi connectivity index (χ1) is 9.98. The summed E-state index contributed by atoms with van der Waals surface area (Å²) in [4.78, 5) is 16.5. The Bertz CT molecular complexity index is 584. The zero-order valence-corrected chi connectivity index (χ0v) is 13.0. The van der Waals surface area contributed by atoms with Crippen molar-refractivity contribution in [1.82, 2.24) is 4.98 Å². The average molecular weight is 289 g/mol. The summed E-state index contributed by atoms with van der Waals surface area (Å²) in [7, 11) is 1.66. The third-order valence-electron chi connectivity index (χ3n) is 5.63. The van der Waals surface area contributed by atoms with Crippen LogP contribution in [0, 0.1) is 31.1 Å². The molecule has 2 aliphatic rings. The third-order valence-corrected chi connectivity index (χ3v) is 5.63. The number of ether oxygens (including phenoxy) is 1. The Kier molecular flexibility index (Phi) is 3.42. The molecule has 4 nitrogen and oxygen atoms in total. The summed E-state index contributed by atoms with van der Waals surface area (Å²) in [6.07, 6.45) is 6.47. The maximum absolute atomic E-state index is 12.0. The summed E-state index contributed by atoms with van der Waals surface area (Å²) in [6.45, 7) is 3.95. The van der Waals surface area contributed by atoms with Gasteiger partial charge in [-0.2, -0.15) is 0 Å². The number of pyridine rings is 1. The number of fused-ring (bicyclic) bond motifs is 2. The van der Waals surface area contributed by atoms with Gasteiger partial charge in [0.2, 0.25) is 0 Å². The molecule has 1 N–H and O–H groups in total. The standard InChI is InChI=1S/C17H23NO3/c1-10-9-18-14(11(2)15(10)21-3)8-17(16(19)20)7-12-4-5-13(17)6-12/h9,12-13H,4-8H2,1-3H3,(H,19,20). The summed E-state index contributed by atoms with van der Waals surface area (Å²) in [5.74, 6) is 1.10. The largest absolute Gasteiger partial charge is 0.496 e. The van der Waals surface area contributed by atoms with E-state index in [2.05, 4.69) is 4.98 Å². The lowest BCUT2D eigenvalue weighted by molar-refractivity contribution is -0.152. The molecule has 3 rings (SSSR count). The maximum atomic E-state index is 12.0. The molecule has 0 aromatic carbocycles. The minimum atomic E-state index is -0.643. The molecule has 4 heteroatoms. The molecule has 3 atom stereocenters. The van der Waals surface area contributed by atoms with Gasteiger partial charge in [-0.25, -0.2) is 0 Å². The SMILES string of the molecule is COc1c(C)cnc(CC2(C(=O)O)CC3CCC2C3)c1C. The molecule has 2 saturated carbocycles. The van der Waals surface area contributed by atoms with Crippen LogP contribution < -0.4 is 4.74 Å². The van der Waals surface area contributed by atoms with E-state index in [1.165, 1.54) is 6.42 Å². The molecule has 114 valence electrons. The molecule has 21 heavy (non-hydrogen) atoms. The van der Waals surface area contributed by atoms with Crippen LogP contribution >= 0.6 is 0 Å². The smallest absolute Gasteiger partial charge is 0.310 e. The van der Waals surface area contributed by atoms with Gasteiger partial charge in [0.05, 0.1) is 12.5 Å². The number of aliphatic carboxylic acids is 1. The fourth-order valence-electron chi connectivity index (χ4n) is 4.55. The van der Waals surface area contributed by atoms with Crippen molar-refractivity contribution in [2.45, 2.75) is 46.0 Å². The molecule has 1 heterocycles. The second kappa shape index (κ2) is 5.00. The molecule has 2 bridgehead atoms. The normalized spacial score (nSPS) is 30.6. The van der Waals surface area contributed by atoms with E-state index in [-0.39, 0.29) is 0 Å². The Morgan fingerprint density at radius 3 is 2.76 bits per heavy atom. The van der Waals surface area contributed by atoms with E-state index in [4.69, 9.17) is 4.74 Å². The van der Waals surface area contributed by atoms with Crippen LogP contribution in [0.5, 0.6) is 5.75 Å². The van der Waals surface area contributed by atoms with Crippen LogP contribution in [0.3, 0.4) is 0 Å². The second-order valence-corrected chi connectivity index (χ2v) is 6.76. The highest BCUT2D eigenvalue weighted by atomic mass is 16.5. The summed E-state index contributed by atoms with van der Waals surface area (Å²) in [5.41, 5.74) is 2.25. The highest BCUT2D eigenvalue weighted by Gasteiger charge is 2.56. The van der Waals surface area contributed by atoms with Gasteiger partial charge in [0.15, 0.2) is 0 Å². The lowest BCUT2D eigenvalue weighted by Crippen LogP contribution is -2.39. The zero-order valence-electron chi connectivity index (χ0n) is 13.0. The van der Waals surface area contributed by atoms with E-state index in [9.17, 15) is 9.90 Å². The Morgan fingerprint density at radius 1 is 1.48 bits per heavy atom. The fraction of sp³-hybridized carbons (Fsp3) is 0.647. The van der Waals surface area contributed by atoms with Crippen LogP contribution in [0.1, 0.15) is 42.5 Å². The molecule has 0 amide bonds. The molecule has 3 unspecified atom stereocenters. The van der Waals surface area contributed by atoms with Gasteiger partial charge in [-0.1, -0.05) is 6.42 Å². The van der Waals surface area contributed by atoms with Crippen LogP contribution in [-0.2, 0) is 11.2 Å². The van der Waals surface area contributed by atoms with Crippen molar-refractivity contribution in [1.29, 1.82) is 0 Å².